The zero-order valence-corrected chi connectivity index (χ0v) is 9.44. The van der Waals surface area contributed by atoms with Crippen LogP contribution in [-0.4, -0.2) is 24.1 Å². The Morgan fingerprint density at radius 2 is 1.12 bits per heavy atom. The van der Waals surface area contributed by atoms with Crippen LogP contribution < -0.4 is 0 Å². The van der Waals surface area contributed by atoms with Crippen LogP contribution in [0.15, 0.2) is 0 Å². The standard InChI is InChI=1S/C12H18O4/c13-11-3-1-2-4-12(14)16-10-7-5-9(15-11)6-8-10/h9-10H,1-8H2/t9-,10-. The van der Waals surface area contributed by atoms with E-state index in [0.717, 1.165) is 25.7 Å². The number of hydrogen-bond acceptors (Lipinski definition) is 4. The highest BCUT2D eigenvalue weighted by Gasteiger charge is 2.26. The van der Waals surface area contributed by atoms with E-state index in [0.29, 0.717) is 25.7 Å². The monoisotopic (exact) mass is 226 g/mol. The highest BCUT2D eigenvalue weighted by atomic mass is 16.6. The predicted octanol–water partition coefficient (Wildman–Crippen LogP) is 1.96. The number of fused-ring (bicyclic) bond motifs is 9. The minimum Gasteiger partial charge on any atom is -0.462 e. The number of carbonyl (C=O) groups is 2. The molecule has 0 aromatic heterocycles. The molecule has 1 aliphatic carbocycles. The first-order valence-corrected chi connectivity index (χ1v) is 6.13. The first-order valence-electron chi connectivity index (χ1n) is 6.13. The van der Waals surface area contributed by atoms with Gasteiger partial charge in [0.1, 0.15) is 12.2 Å². The van der Waals surface area contributed by atoms with Crippen molar-refractivity contribution in [1.29, 1.82) is 0 Å². The molecule has 4 heteroatoms. The summed E-state index contributed by atoms with van der Waals surface area (Å²) in [5.41, 5.74) is 0. The Bertz CT molecular complexity index is 238. The Morgan fingerprint density at radius 3 is 1.50 bits per heavy atom. The zero-order valence-electron chi connectivity index (χ0n) is 9.44. The molecule has 0 aromatic rings. The quantitative estimate of drug-likeness (QED) is 0.592. The van der Waals surface area contributed by atoms with Crippen molar-refractivity contribution in [3.05, 3.63) is 0 Å². The van der Waals surface area contributed by atoms with Crippen LogP contribution in [0.25, 0.3) is 0 Å². The first-order chi connectivity index (χ1) is 7.74. The molecule has 0 atom stereocenters. The minimum atomic E-state index is -0.114. The molecule has 0 aromatic carbocycles. The van der Waals surface area contributed by atoms with Crippen molar-refractivity contribution in [2.75, 3.05) is 0 Å². The third kappa shape index (κ3) is 3.22. The van der Waals surface area contributed by atoms with Crippen molar-refractivity contribution in [3.63, 3.8) is 0 Å². The summed E-state index contributed by atoms with van der Waals surface area (Å²) >= 11 is 0. The van der Waals surface area contributed by atoms with E-state index in [9.17, 15) is 9.59 Å². The largest absolute Gasteiger partial charge is 0.462 e. The summed E-state index contributed by atoms with van der Waals surface area (Å²) in [6, 6.07) is 0. The smallest absolute Gasteiger partial charge is 0.306 e. The van der Waals surface area contributed by atoms with Crippen molar-refractivity contribution < 1.29 is 19.1 Å². The Labute approximate surface area is 95.3 Å². The molecule has 2 bridgehead atoms. The van der Waals surface area contributed by atoms with Gasteiger partial charge in [0.2, 0.25) is 0 Å². The maximum absolute atomic E-state index is 11.4. The van der Waals surface area contributed by atoms with E-state index >= 15 is 0 Å². The molecule has 0 N–H and O–H groups in total. The van der Waals surface area contributed by atoms with E-state index in [1.54, 1.807) is 0 Å². The number of carbonyl (C=O) groups excluding carboxylic acids is 2. The van der Waals surface area contributed by atoms with Gasteiger partial charge >= 0.3 is 11.9 Å². The van der Waals surface area contributed by atoms with Crippen LogP contribution in [0.1, 0.15) is 51.4 Å². The average Bonchev–Trinajstić information content (AvgIpc) is 2.25. The number of hydrogen-bond donors (Lipinski definition) is 0. The highest BCUT2D eigenvalue weighted by molar-refractivity contribution is 5.71. The molecule has 3 aliphatic rings. The van der Waals surface area contributed by atoms with Gasteiger partial charge in [-0.2, -0.15) is 0 Å². The van der Waals surface area contributed by atoms with Crippen molar-refractivity contribution in [3.8, 4) is 0 Å². The summed E-state index contributed by atoms with van der Waals surface area (Å²) in [7, 11) is 0. The van der Waals surface area contributed by atoms with E-state index in [1.807, 2.05) is 0 Å². The Kier molecular flexibility index (Phi) is 3.80. The summed E-state index contributed by atoms with van der Waals surface area (Å²) in [5.74, 6) is -0.227. The van der Waals surface area contributed by atoms with Crippen LogP contribution in [-0.2, 0) is 19.1 Å². The molecular formula is C12H18O4. The summed E-state index contributed by atoms with van der Waals surface area (Å²) in [5, 5.41) is 0. The van der Waals surface area contributed by atoms with Crippen molar-refractivity contribution >= 4 is 11.9 Å². The molecule has 3 rings (SSSR count). The van der Waals surface area contributed by atoms with E-state index in [4.69, 9.17) is 9.47 Å². The van der Waals surface area contributed by atoms with Gasteiger partial charge in [0, 0.05) is 12.8 Å². The molecule has 0 amide bonds. The maximum atomic E-state index is 11.4. The van der Waals surface area contributed by atoms with Crippen molar-refractivity contribution in [2.45, 2.75) is 63.6 Å². The van der Waals surface area contributed by atoms with Gasteiger partial charge in [0.15, 0.2) is 0 Å². The first kappa shape index (κ1) is 11.4. The number of ether oxygens (including phenoxy) is 2. The van der Waals surface area contributed by atoms with Crippen LogP contribution in [0.5, 0.6) is 0 Å². The lowest BCUT2D eigenvalue weighted by molar-refractivity contribution is -0.159. The third-order valence-corrected chi connectivity index (χ3v) is 3.23. The topological polar surface area (TPSA) is 52.6 Å². The van der Waals surface area contributed by atoms with Crippen LogP contribution in [0.2, 0.25) is 0 Å². The molecule has 0 radical (unpaired) electrons. The fraction of sp³-hybridized carbons (Fsp3) is 0.833. The summed E-state index contributed by atoms with van der Waals surface area (Å²) in [6.45, 7) is 0. The van der Waals surface area contributed by atoms with E-state index in [1.165, 1.54) is 0 Å². The van der Waals surface area contributed by atoms with Crippen LogP contribution >= 0.6 is 0 Å². The molecule has 0 spiro atoms. The zero-order chi connectivity index (χ0) is 11.4. The molecule has 4 nitrogen and oxygen atoms in total. The predicted molar refractivity (Wildman–Crippen MR) is 56.7 cm³/mol. The highest BCUT2D eigenvalue weighted by Crippen LogP contribution is 2.25. The molecule has 3 fully saturated rings. The molecule has 2 saturated heterocycles. The van der Waals surface area contributed by atoms with Crippen LogP contribution in [0, 0.1) is 0 Å². The lowest BCUT2D eigenvalue weighted by Gasteiger charge is -2.28. The lowest BCUT2D eigenvalue weighted by atomic mass is 9.94. The molecule has 16 heavy (non-hydrogen) atoms. The van der Waals surface area contributed by atoms with Crippen molar-refractivity contribution in [2.24, 2.45) is 0 Å². The van der Waals surface area contributed by atoms with Gasteiger partial charge in [-0.25, -0.2) is 0 Å². The van der Waals surface area contributed by atoms with Gasteiger partial charge in [0.05, 0.1) is 0 Å². The third-order valence-electron chi connectivity index (χ3n) is 3.23. The fourth-order valence-electron chi connectivity index (χ4n) is 2.30. The Hall–Kier alpha value is -1.06. The molecular weight excluding hydrogens is 208 g/mol. The minimum absolute atomic E-state index is 0.0434. The number of esters is 2. The molecule has 90 valence electrons. The van der Waals surface area contributed by atoms with Gasteiger partial charge in [-0.05, 0) is 38.5 Å². The second kappa shape index (κ2) is 5.32. The molecule has 1 saturated carbocycles. The molecule has 0 unspecified atom stereocenters. The maximum Gasteiger partial charge on any atom is 0.306 e. The van der Waals surface area contributed by atoms with Crippen LogP contribution in [0.4, 0.5) is 0 Å². The van der Waals surface area contributed by atoms with Gasteiger partial charge < -0.3 is 9.47 Å². The SMILES string of the molecule is O=C1CCCCC(=O)O[C@H]2CC[C@@H](CC2)O1. The van der Waals surface area contributed by atoms with Gasteiger partial charge in [-0.3, -0.25) is 9.59 Å². The van der Waals surface area contributed by atoms with Crippen LogP contribution in [0.3, 0.4) is 0 Å². The van der Waals surface area contributed by atoms with E-state index in [2.05, 4.69) is 0 Å². The molecule has 2 aliphatic heterocycles. The Morgan fingerprint density at radius 1 is 0.750 bits per heavy atom. The van der Waals surface area contributed by atoms with Gasteiger partial charge in [-0.1, -0.05) is 0 Å². The fourth-order valence-corrected chi connectivity index (χ4v) is 2.30. The second-order valence-electron chi connectivity index (χ2n) is 4.59. The summed E-state index contributed by atoms with van der Waals surface area (Å²) in [4.78, 5) is 22.9. The summed E-state index contributed by atoms with van der Waals surface area (Å²) in [6.07, 6.45) is 5.65. The van der Waals surface area contributed by atoms with Gasteiger partial charge in [-0.15, -0.1) is 0 Å². The normalized spacial score (nSPS) is 32.2. The van der Waals surface area contributed by atoms with E-state index < -0.39 is 0 Å². The number of rotatable bonds is 0. The average molecular weight is 226 g/mol. The second-order valence-corrected chi connectivity index (χ2v) is 4.59. The Balaban J connectivity index is 1.94. The summed E-state index contributed by atoms with van der Waals surface area (Å²) < 4.78 is 10.7. The lowest BCUT2D eigenvalue weighted by Crippen LogP contribution is -2.30. The van der Waals surface area contributed by atoms with Crippen molar-refractivity contribution in [1.82, 2.24) is 0 Å². The van der Waals surface area contributed by atoms with Gasteiger partial charge in [0.25, 0.3) is 0 Å². The molecule has 2 heterocycles. The van der Waals surface area contributed by atoms with E-state index in [-0.39, 0.29) is 24.1 Å².